The molecule has 0 radical (unpaired) electrons. The van der Waals surface area contributed by atoms with Crippen LogP contribution < -0.4 is 0 Å². The molecule has 0 bridgehead atoms. The minimum absolute atomic E-state index is 0.862. The first-order chi connectivity index (χ1) is 7.99. The molecule has 0 aliphatic rings. The molecule has 0 heteroatoms. The van der Waals surface area contributed by atoms with Crippen molar-refractivity contribution >= 4 is 0 Å². The van der Waals surface area contributed by atoms with Gasteiger partial charge in [0.15, 0.2) is 0 Å². The Hall–Kier alpha value is 0. The molecule has 0 nitrogen and oxygen atoms in total. The Balaban J connectivity index is 3.70. The van der Waals surface area contributed by atoms with Gasteiger partial charge in [0.1, 0.15) is 0 Å². The van der Waals surface area contributed by atoms with Crippen molar-refractivity contribution in [2.75, 3.05) is 0 Å². The van der Waals surface area contributed by atoms with Crippen molar-refractivity contribution in [1.29, 1.82) is 0 Å². The molecule has 104 valence electrons. The van der Waals surface area contributed by atoms with E-state index in [0.717, 1.165) is 23.7 Å². The highest BCUT2D eigenvalue weighted by Crippen LogP contribution is 2.29. The Morgan fingerprint density at radius 2 is 1.29 bits per heavy atom. The van der Waals surface area contributed by atoms with Gasteiger partial charge in [0.05, 0.1) is 0 Å². The maximum absolute atomic E-state index is 2.47. The van der Waals surface area contributed by atoms with E-state index < -0.39 is 0 Å². The molecule has 0 aromatic carbocycles. The van der Waals surface area contributed by atoms with Gasteiger partial charge in [0, 0.05) is 0 Å². The predicted molar refractivity (Wildman–Crippen MR) is 80.3 cm³/mol. The standard InChI is InChI=1S/C17H36/c1-7-11-17(15(4)5)16(6)13-10-8-9-12-14(2)3/h14-17H,7-13H2,1-6H3. The Morgan fingerprint density at radius 3 is 1.76 bits per heavy atom. The molecule has 0 saturated carbocycles. The smallest absolute Gasteiger partial charge is 0.0365 e. The molecule has 0 saturated heterocycles. The van der Waals surface area contributed by atoms with Gasteiger partial charge in [-0.25, -0.2) is 0 Å². The van der Waals surface area contributed by atoms with Crippen molar-refractivity contribution in [2.45, 2.75) is 86.5 Å². The molecular weight excluding hydrogens is 204 g/mol. The molecule has 0 N–H and O–H groups in total. The molecule has 2 unspecified atom stereocenters. The average Bonchev–Trinajstić information content (AvgIpc) is 2.24. The topological polar surface area (TPSA) is 0 Å². The summed E-state index contributed by atoms with van der Waals surface area (Å²) in [5.74, 6) is 3.62. The normalized spacial score (nSPS) is 15.5. The summed E-state index contributed by atoms with van der Waals surface area (Å²) < 4.78 is 0. The summed E-state index contributed by atoms with van der Waals surface area (Å²) in [6.45, 7) is 14.3. The molecule has 2 atom stereocenters. The van der Waals surface area contributed by atoms with Crippen molar-refractivity contribution in [3.8, 4) is 0 Å². The first-order valence-electron chi connectivity index (χ1n) is 7.99. The predicted octanol–water partition coefficient (Wildman–Crippen LogP) is 6.30. The van der Waals surface area contributed by atoms with Gasteiger partial charge in [0.25, 0.3) is 0 Å². The van der Waals surface area contributed by atoms with E-state index in [1.807, 2.05) is 0 Å². The Morgan fingerprint density at radius 1 is 0.706 bits per heavy atom. The molecule has 0 aromatic heterocycles. The third-order valence-electron chi connectivity index (χ3n) is 4.15. The van der Waals surface area contributed by atoms with Crippen molar-refractivity contribution in [3.05, 3.63) is 0 Å². The first-order valence-corrected chi connectivity index (χ1v) is 7.99. The van der Waals surface area contributed by atoms with Crippen LogP contribution in [0.1, 0.15) is 86.5 Å². The summed E-state index contributed by atoms with van der Waals surface area (Å²) >= 11 is 0. The lowest BCUT2D eigenvalue weighted by molar-refractivity contribution is 0.234. The van der Waals surface area contributed by atoms with Crippen molar-refractivity contribution in [2.24, 2.45) is 23.7 Å². The molecule has 0 heterocycles. The van der Waals surface area contributed by atoms with Crippen LogP contribution in [0.4, 0.5) is 0 Å². The fourth-order valence-corrected chi connectivity index (χ4v) is 3.02. The lowest BCUT2D eigenvalue weighted by atomic mass is 9.79. The van der Waals surface area contributed by atoms with E-state index >= 15 is 0 Å². The monoisotopic (exact) mass is 240 g/mol. The zero-order chi connectivity index (χ0) is 13.3. The Bertz CT molecular complexity index is 157. The van der Waals surface area contributed by atoms with Crippen LogP contribution in [-0.4, -0.2) is 0 Å². The van der Waals surface area contributed by atoms with Crippen LogP contribution in [0.5, 0.6) is 0 Å². The van der Waals surface area contributed by atoms with Gasteiger partial charge in [-0.1, -0.05) is 86.5 Å². The van der Waals surface area contributed by atoms with Crippen LogP contribution >= 0.6 is 0 Å². The van der Waals surface area contributed by atoms with E-state index in [9.17, 15) is 0 Å². The lowest BCUT2D eigenvalue weighted by Crippen LogP contribution is -2.17. The first kappa shape index (κ1) is 17.0. The zero-order valence-corrected chi connectivity index (χ0v) is 13.3. The van der Waals surface area contributed by atoms with E-state index in [0.29, 0.717) is 0 Å². The van der Waals surface area contributed by atoms with Gasteiger partial charge in [-0.3, -0.25) is 0 Å². The van der Waals surface area contributed by atoms with E-state index in [1.54, 1.807) is 0 Å². The number of hydrogen-bond donors (Lipinski definition) is 0. The molecule has 0 amide bonds. The van der Waals surface area contributed by atoms with Crippen LogP contribution in [0, 0.1) is 23.7 Å². The largest absolute Gasteiger partial charge is 0.0654 e. The summed E-state index contributed by atoms with van der Waals surface area (Å²) in [5, 5.41) is 0. The average molecular weight is 240 g/mol. The summed E-state index contributed by atoms with van der Waals surface area (Å²) in [6.07, 6.45) is 9.95. The second-order valence-corrected chi connectivity index (χ2v) is 6.71. The summed E-state index contributed by atoms with van der Waals surface area (Å²) in [7, 11) is 0. The highest BCUT2D eigenvalue weighted by Gasteiger charge is 2.19. The molecule has 0 aliphatic carbocycles. The van der Waals surface area contributed by atoms with Crippen LogP contribution in [0.2, 0.25) is 0 Å². The Kier molecular flexibility index (Phi) is 9.97. The SMILES string of the molecule is CCCC(C(C)C)C(C)CCCCCC(C)C. The third-order valence-corrected chi connectivity index (χ3v) is 4.15. The molecule has 0 aromatic rings. The van der Waals surface area contributed by atoms with E-state index in [1.165, 1.54) is 44.9 Å². The molecule has 17 heavy (non-hydrogen) atoms. The van der Waals surface area contributed by atoms with Gasteiger partial charge in [-0.2, -0.15) is 0 Å². The van der Waals surface area contributed by atoms with Gasteiger partial charge < -0.3 is 0 Å². The quantitative estimate of drug-likeness (QED) is 0.393. The summed E-state index contributed by atoms with van der Waals surface area (Å²) in [5.41, 5.74) is 0. The number of hydrogen-bond acceptors (Lipinski definition) is 0. The molecule has 0 aliphatic heterocycles. The van der Waals surface area contributed by atoms with Gasteiger partial charge in [-0.05, 0) is 23.7 Å². The maximum atomic E-state index is 2.47. The number of unbranched alkanes of at least 4 members (excludes halogenated alkanes) is 2. The number of rotatable bonds is 10. The third kappa shape index (κ3) is 8.69. The van der Waals surface area contributed by atoms with Crippen LogP contribution in [0.15, 0.2) is 0 Å². The molecule has 0 rings (SSSR count). The van der Waals surface area contributed by atoms with Gasteiger partial charge in [0.2, 0.25) is 0 Å². The summed E-state index contributed by atoms with van der Waals surface area (Å²) in [6, 6.07) is 0. The second kappa shape index (κ2) is 9.97. The minimum Gasteiger partial charge on any atom is -0.0654 e. The Labute approximate surface area is 111 Å². The highest BCUT2D eigenvalue weighted by molar-refractivity contribution is 4.69. The summed E-state index contributed by atoms with van der Waals surface area (Å²) in [4.78, 5) is 0. The van der Waals surface area contributed by atoms with Crippen molar-refractivity contribution < 1.29 is 0 Å². The van der Waals surface area contributed by atoms with E-state index in [2.05, 4.69) is 41.5 Å². The van der Waals surface area contributed by atoms with Gasteiger partial charge in [-0.15, -0.1) is 0 Å². The van der Waals surface area contributed by atoms with Crippen molar-refractivity contribution in [1.82, 2.24) is 0 Å². The fraction of sp³-hybridized carbons (Fsp3) is 1.00. The second-order valence-electron chi connectivity index (χ2n) is 6.71. The zero-order valence-electron chi connectivity index (χ0n) is 13.3. The fourth-order valence-electron chi connectivity index (χ4n) is 3.02. The molecule has 0 fully saturated rings. The van der Waals surface area contributed by atoms with E-state index in [-0.39, 0.29) is 0 Å². The van der Waals surface area contributed by atoms with E-state index in [4.69, 9.17) is 0 Å². The van der Waals surface area contributed by atoms with Gasteiger partial charge >= 0.3 is 0 Å². The maximum Gasteiger partial charge on any atom is -0.0365 e. The minimum atomic E-state index is 0.862. The molecular formula is C17H36. The molecule has 0 spiro atoms. The highest BCUT2D eigenvalue weighted by atomic mass is 14.2. The lowest BCUT2D eigenvalue weighted by Gasteiger charge is -2.27. The van der Waals surface area contributed by atoms with Crippen LogP contribution in [0.3, 0.4) is 0 Å². The van der Waals surface area contributed by atoms with Crippen molar-refractivity contribution in [3.63, 3.8) is 0 Å². The van der Waals surface area contributed by atoms with Crippen LogP contribution in [0.25, 0.3) is 0 Å². The van der Waals surface area contributed by atoms with Crippen LogP contribution in [-0.2, 0) is 0 Å².